The second kappa shape index (κ2) is 2.13. The van der Waals surface area contributed by atoms with Gasteiger partial charge in [0.2, 0.25) is 0 Å². The van der Waals surface area contributed by atoms with Crippen molar-refractivity contribution in [2.45, 2.75) is 0 Å². The highest BCUT2D eigenvalue weighted by Gasteiger charge is 2.00. The molecule has 0 aliphatic rings. The molecular weight excluding hydrogens is 164 g/mol. The van der Waals surface area contributed by atoms with E-state index in [2.05, 4.69) is 4.98 Å². The van der Waals surface area contributed by atoms with Crippen molar-refractivity contribution < 1.29 is 5.11 Å². The molecule has 0 fully saturated rings. The van der Waals surface area contributed by atoms with E-state index >= 15 is 0 Å². The van der Waals surface area contributed by atoms with E-state index in [0.717, 1.165) is 0 Å². The van der Waals surface area contributed by atoms with Gasteiger partial charge >= 0.3 is 0 Å². The highest BCUT2D eigenvalue weighted by Crippen LogP contribution is 2.20. The van der Waals surface area contributed by atoms with E-state index in [1.165, 1.54) is 6.07 Å². The molecular formula is C7H5ClN2O. The normalized spacial score (nSPS) is 10.6. The maximum absolute atomic E-state index is 9.27. The Hall–Kier alpha value is -1.22. The van der Waals surface area contributed by atoms with Gasteiger partial charge in [-0.25, -0.2) is 4.98 Å². The zero-order valence-corrected chi connectivity index (χ0v) is 6.28. The van der Waals surface area contributed by atoms with E-state index in [4.69, 9.17) is 11.6 Å². The predicted molar refractivity (Wildman–Crippen MR) is 41.9 cm³/mol. The van der Waals surface area contributed by atoms with E-state index in [0.29, 0.717) is 10.7 Å². The molecule has 0 aliphatic carbocycles. The van der Waals surface area contributed by atoms with Crippen LogP contribution >= 0.6 is 11.6 Å². The molecule has 4 heteroatoms. The van der Waals surface area contributed by atoms with Gasteiger partial charge in [-0.3, -0.25) is 0 Å². The van der Waals surface area contributed by atoms with Crippen molar-refractivity contribution in [1.29, 1.82) is 0 Å². The molecule has 56 valence electrons. The van der Waals surface area contributed by atoms with Crippen LogP contribution in [0.25, 0.3) is 5.65 Å². The second-order valence-corrected chi connectivity index (χ2v) is 2.64. The number of rotatable bonds is 0. The molecule has 0 radical (unpaired) electrons. The summed E-state index contributed by atoms with van der Waals surface area (Å²) in [5.74, 6) is 0.0995. The predicted octanol–water partition coefficient (Wildman–Crippen LogP) is 1.69. The summed E-state index contributed by atoms with van der Waals surface area (Å²) in [4.78, 5) is 3.91. The van der Waals surface area contributed by atoms with Crippen molar-refractivity contribution in [3.8, 4) is 5.75 Å². The number of hydrogen-bond donors (Lipinski definition) is 1. The van der Waals surface area contributed by atoms with Gasteiger partial charge in [0, 0.05) is 24.7 Å². The summed E-state index contributed by atoms with van der Waals surface area (Å²) in [6, 6.07) is 1.46. The van der Waals surface area contributed by atoms with Gasteiger partial charge in [0.25, 0.3) is 0 Å². The van der Waals surface area contributed by atoms with Crippen LogP contribution in [0.2, 0.25) is 5.02 Å². The lowest BCUT2D eigenvalue weighted by Crippen LogP contribution is -1.82. The summed E-state index contributed by atoms with van der Waals surface area (Å²) in [7, 11) is 0. The first-order valence-corrected chi connectivity index (χ1v) is 3.46. The van der Waals surface area contributed by atoms with Crippen LogP contribution in [0.5, 0.6) is 5.75 Å². The Morgan fingerprint density at radius 2 is 2.36 bits per heavy atom. The lowest BCUT2D eigenvalue weighted by molar-refractivity contribution is 0.477. The first-order valence-electron chi connectivity index (χ1n) is 3.08. The van der Waals surface area contributed by atoms with Crippen LogP contribution in [0, 0.1) is 0 Å². The fourth-order valence-corrected chi connectivity index (χ4v) is 1.19. The highest BCUT2D eigenvalue weighted by atomic mass is 35.5. The smallest absolute Gasteiger partial charge is 0.179 e. The number of imidazole rings is 1. The molecule has 1 N–H and O–H groups in total. The average molecular weight is 169 g/mol. The van der Waals surface area contributed by atoms with E-state index in [1.54, 1.807) is 23.0 Å². The van der Waals surface area contributed by atoms with Crippen molar-refractivity contribution in [3.05, 3.63) is 29.7 Å². The Bertz CT molecular complexity index is 396. The van der Waals surface area contributed by atoms with Crippen molar-refractivity contribution in [1.82, 2.24) is 9.38 Å². The van der Waals surface area contributed by atoms with Gasteiger partial charge in [0.05, 0.1) is 5.02 Å². The summed E-state index contributed by atoms with van der Waals surface area (Å²) in [6.45, 7) is 0. The van der Waals surface area contributed by atoms with Crippen LogP contribution in [0.3, 0.4) is 0 Å². The summed E-state index contributed by atoms with van der Waals surface area (Å²) in [5.41, 5.74) is 0.523. The van der Waals surface area contributed by atoms with Gasteiger partial charge in [0.15, 0.2) is 11.4 Å². The molecule has 0 aromatic carbocycles. The van der Waals surface area contributed by atoms with Crippen LogP contribution in [-0.4, -0.2) is 14.5 Å². The number of aromatic hydroxyl groups is 1. The van der Waals surface area contributed by atoms with Gasteiger partial charge in [-0.05, 0) is 0 Å². The van der Waals surface area contributed by atoms with Gasteiger partial charge in [-0.2, -0.15) is 0 Å². The fraction of sp³-hybridized carbons (Fsp3) is 0. The molecule has 3 nitrogen and oxygen atoms in total. The van der Waals surface area contributed by atoms with Crippen LogP contribution in [-0.2, 0) is 0 Å². The molecule has 2 rings (SSSR count). The monoisotopic (exact) mass is 168 g/mol. The summed E-state index contributed by atoms with van der Waals surface area (Å²) >= 11 is 5.67. The van der Waals surface area contributed by atoms with Crippen molar-refractivity contribution in [3.63, 3.8) is 0 Å². The van der Waals surface area contributed by atoms with Crippen molar-refractivity contribution in [2.24, 2.45) is 0 Å². The first-order chi connectivity index (χ1) is 5.27. The third-order valence-corrected chi connectivity index (χ3v) is 1.64. The number of pyridine rings is 1. The summed E-state index contributed by atoms with van der Waals surface area (Å²) < 4.78 is 1.66. The molecule has 2 aromatic heterocycles. The molecule has 0 amide bonds. The molecule has 0 saturated carbocycles. The number of halogens is 1. The third kappa shape index (κ3) is 0.935. The summed E-state index contributed by atoms with van der Waals surface area (Å²) in [6.07, 6.45) is 5.01. The minimum absolute atomic E-state index is 0.0995. The van der Waals surface area contributed by atoms with Crippen molar-refractivity contribution in [2.75, 3.05) is 0 Å². The van der Waals surface area contributed by atoms with Crippen molar-refractivity contribution >= 4 is 17.2 Å². The molecule has 11 heavy (non-hydrogen) atoms. The van der Waals surface area contributed by atoms with E-state index in [9.17, 15) is 5.11 Å². The standard InChI is InChI=1S/C7H5ClN2O/c8-5-3-6(11)7-9-1-2-10(7)4-5/h1-4,11H. The SMILES string of the molecule is Oc1cc(Cl)cn2ccnc12. The Morgan fingerprint density at radius 1 is 1.55 bits per heavy atom. The maximum Gasteiger partial charge on any atom is 0.179 e. The van der Waals surface area contributed by atoms with Crippen LogP contribution in [0.4, 0.5) is 0 Å². The largest absolute Gasteiger partial charge is 0.504 e. The maximum atomic E-state index is 9.27. The molecule has 0 bridgehead atoms. The van der Waals surface area contributed by atoms with Crippen LogP contribution < -0.4 is 0 Å². The zero-order chi connectivity index (χ0) is 7.84. The van der Waals surface area contributed by atoms with Gasteiger partial charge in [-0.15, -0.1) is 0 Å². The lowest BCUT2D eigenvalue weighted by Gasteiger charge is -1.96. The zero-order valence-electron chi connectivity index (χ0n) is 5.53. The number of fused-ring (bicyclic) bond motifs is 1. The topological polar surface area (TPSA) is 37.5 Å². The highest BCUT2D eigenvalue weighted by molar-refractivity contribution is 6.30. The molecule has 0 saturated heterocycles. The van der Waals surface area contributed by atoms with Crippen LogP contribution in [0.1, 0.15) is 0 Å². The Labute approximate surface area is 67.9 Å². The Balaban J connectivity index is 2.91. The van der Waals surface area contributed by atoms with Gasteiger partial charge in [0.1, 0.15) is 0 Å². The Kier molecular flexibility index (Phi) is 1.26. The summed E-state index contributed by atoms with van der Waals surface area (Å²) in [5, 5.41) is 9.77. The molecule has 0 unspecified atom stereocenters. The second-order valence-electron chi connectivity index (χ2n) is 2.20. The fourth-order valence-electron chi connectivity index (χ4n) is 0.981. The quantitative estimate of drug-likeness (QED) is 0.650. The first kappa shape index (κ1) is 6.49. The van der Waals surface area contributed by atoms with Crippen LogP contribution in [0.15, 0.2) is 24.7 Å². The molecule has 0 spiro atoms. The number of nitrogens with zero attached hydrogens (tertiary/aromatic N) is 2. The van der Waals surface area contributed by atoms with Gasteiger partial charge < -0.3 is 9.51 Å². The molecule has 2 heterocycles. The number of aromatic nitrogens is 2. The molecule has 0 aliphatic heterocycles. The molecule has 2 aromatic rings. The van der Waals surface area contributed by atoms with E-state index in [1.807, 2.05) is 0 Å². The minimum Gasteiger partial charge on any atom is -0.504 e. The van der Waals surface area contributed by atoms with Gasteiger partial charge in [-0.1, -0.05) is 11.6 Å². The Morgan fingerprint density at radius 3 is 3.18 bits per heavy atom. The average Bonchev–Trinajstić information content (AvgIpc) is 2.34. The number of hydrogen-bond acceptors (Lipinski definition) is 2. The third-order valence-electron chi connectivity index (χ3n) is 1.43. The molecule has 0 atom stereocenters. The van der Waals surface area contributed by atoms with E-state index in [-0.39, 0.29) is 5.75 Å². The lowest BCUT2D eigenvalue weighted by atomic mass is 10.4. The minimum atomic E-state index is 0.0995. The van der Waals surface area contributed by atoms with E-state index < -0.39 is 0 Å².